The van der Waals surface area contributed by atoms with Gasteiger partial charge in [-0.05, 0) is 31.0 Å². The average Bonchev–Trinajstić information content (AvgIpc) is 2.32. The molecule has 5 heteroatoms. The molecule has 2 atom stereocenters. The van der Waals surface area contributed by atoms with E-state index in [4.69, 9.17) is 23.2 Å². The smallest absolute Gasteiger partial charge is 0.254 e. The van der Waals surface area contributed by atoms with E-state index < -0.39 is 0 Å². The zero-order chi connectivity index (χ0) is 13.1. The Kier molecular flexibility index (Phi) is 4.49. The lowest BCUT2D eigenvalue weighted by Gasteiger charge is -2.30. The maximum Gasteiger partial charge on any atom is 0.254 e. The molecule has 0 radical (unpaired) electrons. The lowest BCUT2D eigenvalue weighted by atomic mass is 9.94. The predicted molar refractivity (Wildman–Crippen MR) is 74.4 cm³/mol. The van der Waals surface area contributed by atoms with E-state index in [0.29, 0.717) is 21.5 Å². The number of nitrogens with one attached hydrogen (secondary N) is 2. The molecule has 1 aromatic rings. The largest absolute Gasteiger partial charge is 0.348 e. The minimum Gasteiger partial charge on any atom is -0.348 e. The highest BCUT2D eigenvalue weighted by molar-refractivity contribution is 6.39. The summed E-state index contributed by atoms with van der Waals surface area (Å²) in [5.74, 6) is 0.252. The van der Waals surface area contributed by atoms with Gasteiger partial charge in [0, 0.05) is 12.6 Å². The van der Waals surface area contributed by atoms with Crippen LogP contribution in [0.25, 0.3) is 0 Å². The quantitative estimate of drug-likeness (QED) is 0.878. The second-order valence-corrected chi connectivity index (χ2v) is 5.46. The Morgan fingerprint density at radius 2 is 2.06 bits per heavy atom. The van der Waals surface area contributed by atoms with Gasteiger partial charge in [-0.25, -0.2) is 0 Å². The fraction of sp³-hybridized carbons (Fsp3) is 0.462. The fourth-order valence-corrected chi connectivity index (χ4v) is 2.71. The van der Waals surface area contributed by atoms with Crippen LogP contribution in [0.15, 0.2) is 18.2 Å². The van der Waals surface area contributed by atoms with Gasteiger partial charge in [-0.3, -0.25) is 4.79 Å². The van der Waals surface area contributed by atoms with Crippen LogP contribution in [-0.4, -0.2) is 25.0 Å². The molecule has 2 rings (SSSR count). The van der Waals surface area contributed by atoms with Gasteiger partial charge in [0.15, 0.2) is 0 Å². The zero-order valence-electron chi connectivity index (χ0n) is 10.2. The summed E-state index contributed by atoms with van der Waals surface area (Å²) in [6.07, 6.45) is 1.06. The van der Waals surface area contributed by atoms with Crippen molar-refractivity contribution < 1.29 is 4.79 Å². The van der Waals surface area contributed by atoms with E-state index in [2.05, 4.69) is 17.6 Å². The third-order valence-electron chi connectivity index (χ3n) is 3.33. The second-order valence-electron chi connectivity index (χ2n) is 4.65. The Balaban J connectivity index is 2.12. The number of amides is 1. The highest BCUT2D eigenvalue weighted by Crippen LogP contribution is 2.24. The van der Waals surface area contributed by atoms with Crippen LogP contribution in [0, 0.1) is 5.92 Å². The summed E-state index contributed by atoms with van der Waals surface area (Å²) in [5.41, 5.74) is 0.360. The van der Waals surface area contributed by atoms with E-state index in [1.807, 2.05) is 0 Å². The molecule has 3 nitrogen and oxygen atoms in total. The summed E-state index contributed by atoms with van der Waals surface area (Å²) >= 11 is 12.0. The first-order chi connectivity index (χ1) is 8.59. The van der Waals surface area contributed by atoms with Gasteiger partial charge >= 0.3 is 0 Å². The molecule has 1 fully saturated rings. The van der Waals surface area contributed by atoms with Gasteiger partial charge in [0.25, 0.3) is 5.91 Å². The number of halogens is 2. The number of hydrogen-bond donors (Lipinski definition) is 2. The summed E-state index contributed by atoms with van der Waals surface area (Å²) in [5, 5.41) is 7.04. The summed E-state index contributed by atoms with van der Waals surface area (Å²) in [4.78, 5) is 12.2. The Morgan fingerprint density at radius 3 is 2.67 bits per heavy atom. The number of carbonyl (C=O) groups is 1. The van der Waals surface area contributed by atoms with Crippen molar-refractivity contribution in [1.29, 1.82) is 0 Å². The molecule has 0 aromatic heterocycles. The van der Waals surface area contributed by atoms with E-state index in [1.54, 1.807) is 18.2 Å². The van der Waals surface area contributed by atoms with Crippen molar-refractivity contribution in [2.24, 2.45) is 5.92 Å². The maximum atomic E-state index is 12.2. The summed E-state index contributed by atoms with van der Waals surface area (Å²) in [6.45, 7) is 3.93. The molecule has 1 aliphatic heterocycles. The van der Waals surface area contributed by atoms with Crippen molar-refractivity contribution in [2.45, 2.75) is 19.4 Å². The molecule has 0 aliphatic carbocycles. The highest BCUT2D eigenvalue weighted by atomic mass is 35.5. The Labute approximate surface area is 117 Å². The van der Waals surface area contributed by atoms with Crippen LogP contribution in [-0.2, 0) is 0 Å². The van der Waals surface area contributed by atoms with Crippen LogP contribution in [0.4, 0.5) is 0 Å². The number of rotatable bonds is 2. The average molecular weight is 287 g/mol. The molecule has 0 bridgehead atoms. The number of carbonyl (C=O) groups excluding carboxylic acids is 1. The SMILES string of the molecule is CC1CCNCC1NC(=O)c1c(Cl)cccc1Cl. The Morgan fingerprint density at radius 1 is 1.39 bits per heavy atom. The summed E-state index contributed by atoms with van der Waals surface area (Å²) in [7, 11) is 0. The van der Waals surface area contributed by atoms with Crippen LogP contribution in [0.1, 0.15) is 23.7 Å². The van der Waals surface area contributed by atoms with Gasteiger partial charge in [0.1, 0.15) is 0 Å². The summed E-state index contributed by atoms with van der Waals surface area (Å²) in [6, 6.07) is 5.20. The molecule has 1 aromatic carbocycles. The third kappa shape index (κ3) is 2.97. The van der Waals surface area contributed by atoms with Gasteiger partial charge < -0.3 is 10.6 Å². The second kappa shape index (κ2) is 5.91. The van der Waals surface area contributed by atoms with Gasteiger partial charge in [0.2, 0.25) is 0 Å². The van der Waals surface area contributed by atoms with E-state index in [-0.39, 0.29) is 11.9 Å². The van der Waals surface area contributed by atoms with Crippen molar-refractivity contribution >= 4 is 29.1 Å². The first-order valence-electron chi connectivity index (χ1n) is 6.05. The molecule has 1 aliphatic rings. The van der Waals surface area contributed by atoms with E-state index >= 15 is 0 Å². The number of piperidine rings is 1. The molecule has 2 N–H and O–H groups in total. The van der Waals surface area contributed by atoms with Crippen LogP contribution < -0.4 is 10.6 Å². The maximum absolute atomic E-state index is 12.2. The van der Waals surface area contributed by atoms with E-state index in [9.17, 15) is 4.79 Å². The Hall–Kier alpha value is -0.770. The minimum atomic E-state index is -0.203. The third-order valence-corrected chi connectivity index (χ3v) is 3.96. The zero-order valence-corrected chi connectivity index (χ0v) is 11.7. The van der Waals surface area contributed by atoms with Crippen LogP contribution in [0.2, 0.25) is 10.0 Å². The van der Waals surface area contributed by atoms with Gasteiger partial charge in [-0.1, -0.05) is 36.2 Å². The standard InChI is InChI=1S/C13H16Cl2N2O/c1-8-5-6-16-7-11(8)17-13(18)12-9(14)3-2-4-10(12)15/h2-4,8,11,16H,5-7H2,1H3,(H,17,18). The number of hydrogen-bond acceptors (Lipinski definition) is 2. The van der Waals surface area contributed by atoms with Crippen molar-refractivity contribution in [1.82, 2.24) is 10.6 Å². The van der Waals surface area contributed by atoms with Crippen molar-refractivity contribution in [3.8, 4) is 0 Å². The first kappa shape index (κ1) is 13.7. The molecule has 1 amide bonds. The molecular formula is C13H16Cl2N2O. The van der Waals surface area contributed by atoms with Crippen LogP contribution in [0.3, 0.4) is 0 Å². The molecule has 1 saturated heterocycles. The van der Waals surface area contributed by atoms with Crippen LogP contribution in [0.5, 0.6) is 0 Å². The minimum absolute atomic E-state index is 0.124. The molecular weight excluding hydrogens is 271 g/mol. The van der Waals surface area contributed by atoms with Crippen molar-refractivity contribution in [3.63, 3.8) is 0 Å². The number of benzene rings is 1. The molecule has 18 heavy (non-hydrogen) atoms. The highest BCUT2D eigenvalue weighted by Gasteiger charge is 2.24. The molecule has 2 unspecified atom stereocenters. The lowest BCUT2D eigenvalue weighted by molar-refractivity contribution is 0.0915. The molecule has 0 saturated carbocycles. The topological polar surface area (TPSA) is 41.1 Å². The molecule has 1 heterocycles. The summed E-state index contributed by atoms with van der Waals surface area (Å²) < 4.78 is 0. The Bertz CT molecular complexity index is 430. The van der Waals surface area contributed by atoms with Crippen molar-refractivity contribution in [2.75, 3.05) is 13.1 Å². The lowest BCUT2D eigenvalue weighted by Crippen LogP contribution is -2.50. The van der Waals surface area contributed by atoms with Crippen molar-refractivity contribution in [3.05, 3.63) is 33.8 Å². The monoisotopic (exact) mass is 286 g/mol. The fourth-order valence-electron chi connectivity index (χ4n) is 2.14. The van der Waals surface area contributed by atoms with E-state index in [1.165, 1.54) is 0 Å². The van der Waals surface area contributed by atoms with Gasteiger partial charge in [-0.15, -0.1) is 0 Å². The first-order valence-corrected chi connectivity index (χ1v) is 6.80. The molecule has 98 valence electrons. The van der Waals surface area contributed by atoms with E-state index in [0.717, 1.165) is 19.5 Å². The predicted octanol–water partition coefficient (Wildman–Crippen LogP) is 2.72. The normalized spacial score (nSPS) is 23.7. The van der Waals surface area contributed by atoms with Gasteiger partial charge in [0.05, 0.1) is 15.6 Å². The molecule has 0 spiro atoms. The van der Waals surface area contributed by atoms with Crippen LogP contribution >= 0.6 is 23.2 Å². The van der Waals surface area contributed by atoms with Gasteiger partial charge in [-0.2, -0.15) is 0 Å².